The van der Waals surface area contributed by atoms with Crippen LogP contribution in [0, 0.1) is 5.41 Å². The Hall–Kier alpha value is -1.35. The summed E-state index contributed by atoms with van der Waals surface area (Å²) >= 11 is 0. The van der Waals surface area contributed by atoms with E-state index >= 15 is 0 Å². The van der Waals surface area contributed by atoms with Crippen molar-refractivity contribution in [1.29, 1.82) is 0 Å². The van der Waals surface area contributed by atoms with Crippen molar-refractivity contribution in [3.8, 4) is 0 Å². The molecule has 1 aromatic rings. The molecule has 21 heavy (non-hydrogen) atoms. The molecule has 3 heteroatoms. The summed E-state index contributed by atoms with van der Waals surface area (Å²) in [5, 5.41) is 0. The molecule has 1 aliphatic rings. The van der Waals surface area contributed by atoms with Crippen molar-refractivity contribution in [2.45, 2.75) is 53.2 Å². The third kappa shape index (κ3) is 3.85. The van der Waals surface area contributed by atoms with Gasteiger partial charge < -0.3 is 4.90 Å². The van der Waals surface area contributed by atoms with E-state index in [0.717, 1.165) is 19.6 Å². The minimum atomic E-state index is -0.291. The van der Waals surface area contributed by atoms with Crippen LogP contribution in [0.5, 0.6) is 0 Å². The van der Waals surface area contributed by atoms with E-state index in [1.165, 1.54) is 5.56 Å². The van der Waals surface area contributed by atoms with Crippen molar-refractivity contribution in [1.82, 2.24) is 9.80 Å². The fraction of sp³-hybridized carbons (Fsp3) is 0.611. The van der Waals surface area contributed by atoms with Crippen molar-refractivity contribution in [3.63, 3.8) is 0 Å². The Kier molecular flexibility index (Phi) is 4.72. The molecule has 2 atom stereocenters. The molecule has 1 amide bonds. The zero-order chi connectivity index (χ0) is 15.6. The molecular formula is C18H28N2O. The van der Waals surface area contributed by atoms with E-state index in [4.69, 9.17) is 0 Å². The number of piperazine rings is 1. The van der Waals surface area contributed by atoms with Gasteiger partial charge >= 0.3 is 0 Å². The highest BCUT2D eigenvalue weighted by molar-refractivity contribution is 5.81. The van der Waals surface area contributed by atoms with Crippen LogP contribution in [-0.4, -0.2) is 40.9 Å². The van der Waals surface area contributed by atoms with Gasteiger partial charge in [0.2, 0.25) is 5.91 Å². The number of hydrogen-bond acceptors (Lipinski definition) is 2. The Labute approximate surface area is 128 Å². The second-order valence-corrected chi connectivity index (χ2v) is 7.32. The second kappa shape index (κ2) is 6.18. The van der Waals surface area contributed by atoms with Crippen LogP contribution in [0.25, 0.3) is 0 Å². The Bertz CT molecular complexity index is 466. The van der Waals surface area contributed by atoms with E-state index in [2.05, 4.69) is 49.1 Å². The van der Waals surface area contributed by atoms with Gasteiger partial charge in [0.05, 0.1) is 0 Å². The number of hydrogen-bond donors (Lipinski definition) is 0. The first-order chi connectivity index (χ1) is 9.79. The third-order valence-electron chi connectivity index (χ3n) is 4.24. The van der Waals surface area contributed by atoms with Gasteiger partial charge in [-0.05, 0) is 19.4 Å². The van der Waals surface area contributed by atoms with Crippen molar-refractivity contribution in [3.05, 3.63) is 35.9 Å². The lowest BCUT2D eigenvalue weighted by Gasteiger charge is -2.46. The number of carbonyl (C=O) groups excluding carboxylic acids is 1. The summed E-state index contributed by atoms with van der Waals surface area (Å²) in [6.07, 6.45) is 0. The zero-order valence-electron chi connectivity index (χ0n) is 14.0. The average Bonchev–Trinajstić information content (AvgIpc) is 2.42. The number of amides is 1. The molecule has 0 aliphatic carbocycles. The minimum Gasteiger partial charge on any atom is -0.339 e. The maximum Gasteiger partial charge on any atom is 0.228 e. The smallest absolute Gasteiger partial charge is 0.228 e. The SMILES string of the molecule is CC1CN(C(=O)C(C)(C)C)CC(C)N1Cc1ccccc1. The summed E-state index contributed by atoms with van der Waals surface area (Å²) < 4.78 is 0. The highest BCUT2D eigenvalue weighted by Gasteiger charge is 2.35. The van der Waals surface area contributed by atoms with Gasteiger partial charge in [-0.25, -0.2) is 0 Å². The van der Waals surface area contributed by atoms with Crippen LogP contribution in [0.2, 0.25) is 0 Å². The summed E-state index contributed by atoms with van der Waals surface area (Å²) in [5.41, 5.74) is 1.05. The summed E-state index contributed by atoms with van der Waals surface area (Å²) in [6.45, 7) is 13.1. The number of carbonyl (C=O) groups is 1. The zero-order valence-corrected chi connectivity index (χ0v) is 14.0. The van der Waals surface area contributed by atoms with Gasteiger partial charge in [-0.3, -0.25) is 9.69 Å². The van der Waals surface area contributed by atoms with Gasteiger partial charge in [-0.2, -0.15) is 0 Å². The fourth-order valence-electron chi connectivity index (χ4n) is 3.10. The van der Waals surface area contributed by atoms with Crippen LogP contribution < -0.4 is 0 Å². The monoisotopic (exact) mass is 288 g/mol. The molecule has 2 rings (SSSR count). The molecule has 1 saturated heterocycles. The fourth-order valence-corrected chi connectivity index (χ4v) is 3.10. The molecule has 1 aromatic carbocycles. The van der Waals surface area contributed by atoms with Crippen LogP contribution >= 0.6 is 0 Å². The Morgan fingerprint density at radius 2 is 1.62 bits per heavy atom. The highest BCUT2D eigenvalue weighted by atomic mass is 16.2. The molecular weight excluding hydrogens is 260 g/mol. The Morgan fingerprint density at radius 3 is 2.10 bits per heavy atom. The predicted molar refractivity (Wildman–Crippen MR) is 86.9 cm³/mol. The van der Waals surface area contributed by atoms with Crippen molar-refractivity contribution in [2.24, 2.45) is 5.41 Å². The molecule has 1 aliphatic heterocycles. The maximum absolute atomic E-state index is 12.5. The van der Waals surface area contributed by atoms with E-state index in [1.807, 2.05) is 25.7 Å². The molecule has 0 aromatic heterocycles. The van der Waals surface area contributed by atoms with Crippen LogP contribution in [-0.2, 0) is 11.3 Å². The standard InChI is InChI=1S/C18H28N2O/c1-14-11-19(17(21)18(3,4)5)12-15(2)20(14)13-16-9-7-6-8-10-16/h6-10,14-15H,11-13H2,1-5H3. The van der Waals surface area contributed by atoms with E-state index in [-0.39, 0.29) is 11.3 Å². The van der Waals surface area contributed by atoms with Crippen LogP contribution in [0.15, 0.2) is 30.3 Å². The lowest BCUT2D eigenvalue weighted by Crippen LogP contribution is -2.59. The van der Waals surface area contributed by atoms with E-state index in [1.54, 1.807) is 0 Å². The first kappa shape index (κ1) is 16.0. The maximum atomic E-state index is 12.5. The molecule has 2 unspecified atom stereocenters. The molecule has 0 N–H and O–H groups in total. The van der Waals surface area contributed by atoms with E-state index in [9.17, 15) is 4.79 Å². The summed E-state index contributed by atoms with van der Waals surface area (Å²) in [4.78, 5) is 17.0. The first-order valence-electron chi connectivity index (χ1n) is 7.88. The van der Waals surface area contributed by atoms with E-state index < -0.39 is 0 Å². The number of nitrogens with zero attached hydrogens (tertiary/aromatic N) is 2. The first-order valence-corrected chi connectivity index (χ1v) is 7.88. The largest absolute Gasteiger partial charge is 0.339 e. The van der Waals surface area contributed by atoms with Crippen LogP contribution in [0.4, 0.5) is 0 Å². The topological polar surface area (TPSA) is 23.6 Å². The van der Waals surface area contributed by atoms with Gasteiger partial charge in [0.25, 0.3) is 0 Å². The summed E-state index contributed by atoms with van der Waals surface area (Å²) in [5.74, 6) is 0.264. The summed E-state index contributed by atoms with van der Waals surface area (Å²) in [6, 6.07) is 11.4. The normalized spacial score (nSPS) is 24.1. The molecule has 116 valence electrons. The molecule has 0 bridgehead atoms. The number of rotatable bonds is 2. The second-order valence-electron chi connectivity index (χ2n) is 7.32. The van der Waals surface area contributed by atoms with Gasteiger partial charge in [0, 0.05) is 37.1 Å². The number of benzene rings is 1. The Morgan fingerprint density at radius 1 is 1.10 bits per heavy atom. The predicted octanol–water partition coefficient (Wildman–Crippen LogP) is 3.15. The van der Waals surface area contributed by atoms with E-state index in [0.29, 0.717) is 12.1 Å². The van der Waals surface area contributed by atoms with Gasteiger partial charge in [0.15, 0.2) is 0 Å². The Balaban J connectivity index is 2.04. The lowest BCUT2D eigenvalue weighted by molar-refractivity contribution is -0.144. The minimum absolute atomic E-state index is 0.264. The molecule has 0 saturated carbocycles. The van der Waals surface area contributed by atoms with Crippen LogP contribution in [0.1, 0.15) is 40.2 Å². The van der Waals surface area contributed by atoms with Crippen LogP contribution in [0.3, 0.4) is 0 Å². The summed E-state index contributed by atoms with van der Waals surface area (Å²) in [7, 11) is 0. The van der Waals surface area contributed by atoms with Crippen molar-refractivity contribution >= 4 is 5.91 Å². The van der Waals surface area contributed by atoms with Crippen molar-refractivity contribution in [2.75, 3.05) is 13.1 Å². The van der Waals surface area contributed by atoms with Crippen molar-refractivity contribution < 1.29 is 4.79 Å². The van der Waals surface area contributed by atoms with Gasteiger partial charge in [0.1, 0.15) is 0 Å². The van der Waals surface area contributed by atoms with Gasteiger partial charge in [-0.1, -0.05) is 51.1 Å². The molecule has 1 heterocycles. The lowest BCUT2D eigenvalue weighted by atomic mass is 9.93. The van der Waals surface area contributed by atoms with Gasteiger partial charge in [-0.15, -0.1) is 0 Å². The highest BCUT2D eigenvalue weighted by Crippen LogP contribution is 2.24. The third-order valence-corrected chi connectivity index (χ3v) is 4.24. The average molecular weight is 288 g/mol. The molecule has 1 fully saturated rings. The molecule has 0 radical (unpaired) electrons. The molecule has 0 spiro atoms. The quantitative estimate of drug-likeness (QED) is 0.834. The molecule has 3 nitrogen and oxygen atoms in total.